The first kappa shape index (κ1) is 21.5. The van der Waals surface area contributed by atoms with Crippen molar-refractivity contribution >= 4 is 34.1 Å². The van der Waals surface area contributed by atoms with Gasteiger partial charge in [0.2, 0.25) is 5.91 Å². The SMILES string of the molecule is CC(C)C(C)NC(=O)C1CCN(C(=O)c2cc(-c3cccs3)nc3ccccc23)CC1. The van der Waals surface area contributed by atoms with E-state index in [4.69, 9.17) is 4.98 Å². The van der Waals surface area contributed by atoms with Crippen LogP contribution in [-0.4, -0.2) is 40.8 Å². The number of pyridine rings is 1. The molecule has 6 heteroatoms. The van der Waals surface area contributed by atoms with Crippen LogP contribution >= 0.6 is 11.3 Å². The number of fused-ring (bicyclic) bond motifs is 1. The molecule has 4 rings (SSSR count). The largest absolute Gasteiger partial charge is 0.353 e. The molecule has 31 heavy (non-hydrogen) atoms. The zero-order valence-electron chi connectivity index (χ0n) is 18.3. The average Bonchev–Trinajstić information content (AvgIpc) is 3.33. The van der Waals surface area contributed by atoms with Crippen LogP contribution in [0.5, 0.6) is 0 Å². The number of thiophene rings is 1. The minimum atomic E-state index is -0.0267. The van der Waals surface area contributed by atoms with Crippen LogP contribution in [-0.2, 0) is 4.79 Å². The van der Waals surface area contributed by atoms with E-state index in [9.17, 15) is 9.59 Å². The summed E-state index contributed by atoms with van der Waals surface area (Å²) in [6.45, 7) is 7.45. The van der Waals surface area contributed by atoms with Crippen molar-refractivity contribution in [3.8, 4) is 10.6 Å². The van der Waals surface area contributed by atoms with Crippen LogP contribution in [0.25, 0.3) is 21.5 Å². The highest BCUT2D eigenvalue weighted by Crippen LogP contribution is 2.29. The predicted molar refractivity (Wildman–Crippen MR) is 126 cm³/mol. The van der Waals surface area contributed by atoms with Gasteiger partial charge in [0.05, 0.1) is 21.7 Å². The van der Waals surface area contributed by atoms with Gasteiger partial charge in [-0.25, -0.2) is 4.98 Å². The summed E-state index contributed by atoms with van der Waals surface area (Å²) in [5.41, 5.74) is 2.34. The van der Waals surface area contributed by atoms with Crippen LogP contribution in [0.1, 0.15) is 44.0 Å². The molecule has 2 amide bonds. The second-order valence-electron chi connectivity index (χ2n) is 8.66. The van der Waals surface area contributed by atoms with Crippen molar-refractivity contribution in [1.29, 1.82) is 0 Å². The minimum absolute atomic E-state index is 0.0193. The standard InChI is InChI=1S/C25H29N3O2S/c1-16(2)17(3)26-24(29)18-10-12-28(13-11-18)25(30)20-15-22(23-9-6-14-31-23)27-21-8-5-4-7-19(20)21/h4-9,14-18H,10-13H2,1-3H3,(H,26,29). The highest BCUT2D eigenvalue weighted by molar-refractivity contribution is 7.13. The number of benzene rings is 1. The van der Waals surface area contributed by atoms with E-state index in [0.717, 1.165) is 21.5 Å². The maximum absolute atomic E-state index is 13.5. The molecule has 3 aromatic rings. The molecule has 0 saturated carbocycles. The van der Waals surface area contributed by atoms with Crippen molar-refractivity contribution in [3.63, 3.8) is 0 Å². The van der Waals surface area contributed by atoms with Gasteiger partial charge in [-0.3, -0.25) is 9.59 Å². The third-order valence-corrected chi connectivity index (χ3v) is 7.14. The van der Waals surface area contributed by atoms with Crippen molar-refractivity contribution in [1.82, 2.24) is 15.2 Å². The molecule has 1 N–H and O–H groups in total. The first-order valence-electron chi connectivity index (χ1n) is 11.0. The fraction of sp³-hybridized carbons (Fsp3) is 0.400. The lowest BCUT2D eigenvalue weighted by Gasteiger charge is -2.32. The third-order valence-electron chi connectivity index (χ3n) is 6.24. The molecule has 1 fully saturated rings. The van der Waals surface area contributed by atoms with Gasteiger partial charge in [-0.15, -0.1) is 11.3 Å². The minimum Gasteiger partial charge on any atom is -0.353 e. The van der Waals surface area contributed by atoms with E-state index in [1.54, 1.807) is 11.3 Å². The monoisotopic (exact) mass is 435 g/mol. The number of hydrogen-bond donors (Lipinski definition) is 1. The Morgan fingerprint density at radius 1 is 1.10 bits per heavy atom. The Balaban J connectivity index is 1.52. The average molecular weight is 436 g/mol. The Labute approximate surface area is 187 Å². The van der Waals surface area contributed by atoms with E-state index in [2.05, 4.69) is 19.2 Å². The number of carbonyl (C=O) groups is 2. The Morgan fingerprint density at radius 2 is 1.84 bits per heavy atom. The molecule has 1 aliphatic rings. The topological polar surface area (TPSA) is 62.3 Å². The summed E-state index contributed by atoms with van der Waals surface area (Å²) >= 11 is 1.62. The van der Waals surface area contributed by atoms with Gasteiger partial charge < -0.3 is 10.2 Å². The molecule has 5 nitrogen and oxygen atoms in total. The molecular weight excluding hydrogens is 406 g/mol. The third kappa shape index (κ3) is 4.64. The molecule has 0 bridgehead atoms. The van der Waals surface area contributed by atoms with Gasteiger partial charge in [-0.1, -0.05) is 38.1 Å². The predicted octanol–water partition coefficient (Wildman–Crippen LogP) is 4.98. The van der Waals surface area contributed by atoms with Crippen LogP contribution < -0.4 is 5.32 Å². The van der Waals surface area contributed by atoms with Crippen molar-refractivity contribution in [2.75, 3.05) is 13.1 Å². The number of nitrogens with zero attached hydrogens (tertiary/aromatic N) is 2. The van der Waals surface area contributed by atoms with E-state index >= 15 is 0 Å². The van der Waals surface area contributed by atoms with Gasteiger partial charge >= 0.3 is 0 Å². The molecule has 1 saturated heterocycles. The Hall–Kier alpha value is -2.73. The van der Waals surface area contributed by atoms with Gasteiger partial charge in [0, 0.05) is 30.4 Å². The summed E-state index contributed by atoms with van der Waals surface area (Å²) in [5.74, 6) is 0.512. The lowest BCUT2D eigenvalue weighted by Crippen LogP contribution is -2.45. The maximum atomic E-state index is 13.5. The summed E-state index contributed by atoms with van der Waals surface area (Å²) < 4.78 is 0. The van der Waals surface area contributed by atoms with Gasteiger partial charge in [0.15, 0.2) is 0 Å². The highest BCUT2D eigenvalue weighted by Gasteiger charge is 2.29. The van der Waals surface area contributed by atoms with Crippen LogP contribution in [0.3, 0.4) is 0 Å². The molecule has 1 aliphatic heterocycles. The number of aromatic nitrogens is 1. The molecule has 2 aromatic heterocycles. The lowest BCUT2D eigenvalue weighted by molar-refractivity contribution is -0.127. The zero-order chi connectivity index (χ0) is 22.0. The van der Waals surface area contributed by atoms with Crippen LogP contribution in [0, 0.1) is 11.8 Å². The fourth-order valence-corrected chi connectivity index (χ4v) is 4.61. The van der Waals surface area contributed by atoms with E-state index in [-0.39, 0.29) is 23.8 Å². The molecule has 1 aromatic carbocycles. The van der Waals surface area contributed by atoms with Crippen molar-refractivity contribution in [2.45, 2.75) is 39.7 Å². The molecule has 1 atom stereocenters. The number of nitrogens with one attached hydrogen (secondary N) is 1. The number of carbonyl (C=O) groups excluding carboxylic acids is 2. The van der Waals surface area contributed by atoms with Gasteiger partial charge in [-0.05, 0) is 49.3 Å². The number of para-hydroxylation sites is 1. The zero-order valence-corrected chi connectivity index (χ0v) is 19.1. The Kier molecular flexibility index (Phi) is 6.37. The van der Waals surface area contributed by atoms with Gasteiger partial charge in [0.1, 0.15) is 0 Å². The fourth-order valence-electron chi connectivity index (χ4n) is 3.93. The van der Waals surface area contributed by atoms with Crippen LogP contribution in [0.4, 0.5) is 0 Å². The first-order chi connectivity index (χ1) is 14.9. The molecule has 3 heterocycles. The van der Waals surface area contributed by atoms with Crippen molar-refractivity contribution in [2.24, 2.45) is 11.8 Å². The second kappa shape index (κ2) is 9.18. The number of hydrogen-bond acceptors (Lipinski definition) is 4. The number of rotatable bonds is 5. The summed E-state index contributed by atoms with van der Waals surface area (Å²) in [6.07, 6.45) is 1.40. The molecular formula is C25H29N3O2S. The Bertz CT molecular complexity index is 1070. The molecule has 0 aliphatic carbocycles. The Morgan fingerprint density at radius 3 is 2.52 bits per heavy atom. The summed E-state index contributed by atoms with van der Waals surface area (Å²) in [5, 5.41) is 6.01. The molecule has 162 valence electrons. The van der Waals surface area contributed by atoms with E-state index in [0.29, 0.717) is 37.4 Å². The highest BCUT2D eigenvalue weighted by atomic mass is 32.1. The van der Waals surface area contributed by atoms with Gasteiger partial charge in [0.25, 0.3) is 5.91 Å². The normalized spacial score (nSPS) is 15.9. The van der Waals surface area contributed by atoms with Crippen molar-refractivity contribution in [3.05, 3.63) is 53.4 Å². The van der Waals surface area contributed by atoms with E-state index < -0.39 is 0 Å². The number of amides is 2. The first-order valence-corrected chi connectivity index (χ1v) is 11.9. The summed E-state index contributed by atoms with van der Waals surface area (Å²) in [7, 11) is 0. The second-order valence-corrected chi connectivity index (χ2v) is 9.60. The molecule has 1 unspecified atom stereocenters. The van der Waals surface area contributed by atoms with Crippen molar-refractivity contribution < 1.29 is 9.59 Å². The van der Waals surface area contributed by atoms with Gasteiger partial charge in [-0.2, -0.15) is 0 Å². The number of piperidine rings is 1. The summed E-state index contributed by atoms with van der Waals surface area (Å²) in [6, 6.07) is 13.9. The van der Waals surface area contributed by atoms with Crippen LogP contribution in [0.2, 0.25) is 0 Å². The number of likely N-dealkylation sites (tertiary alicyclic amines) is 1. The summed E-state index contributed by atoms with van der Waals surface area (Å²) in [4.78, 5) is 33.8. The lowest BCUT2D eigenvalue weighted by atomic mass is 9.94. The molecule has 0 spiro atoms. The smallest absolute Gasteiger partial charge is 0.254 e. The van der Waals surface area contributed by atoms with Crippen LogP contribution in [0.15, 0.2) is 47.8 Å². The van der Waals surface area contributed by atoms with E-state index in [1.807, 2.05) is 59.7 Å². The maximum Gasteiger partial charge on any atom is 0.254 e. The molecule has 0 radical (unpaired) electrons. The van der Waals surface area contributed by atoms with E-state index in [1.165, 1.54) is 0 Å². The quantitative estimate of drug-likeness (QED) is 0.615.